The van der Waals surface area contributed by atoms with Crippen LogP contribution in [-0.4, -0.2) is 29.7 Å². The molecule has 0 spiro atoms. The van der Waals surface area contributed by atoms with E-state index in [2.05, 4.69) is 9.97 Å². The van der Waals surface area contributed by atoms with Crippen LogP contribution >= 0.6 is 0 Å². The maximum atomic E-state index is 13.1. The third kappa shape index (κ3) is 2.86. The number of hydrogen-bond acceptors (Lipinski definition) is 3. The molecule has 2 aromatic rings. The number of nitrogens with one attached hydrogen (secondary N) is 1. The summed E-state index contributed by atoms with van der Waals surface area (Å²) in [6, 6.07) is 3.27. The molecule has 1 aromatic heterocycles. The van der Waals surface area contributed by atoms with Crippen LogP contribution in [-0.2, 0) is 16.6 Å². The van der Waals surface area contributed by atoms with Crippen LogP contribution < -0.4 is 0 Å². The van der Waals surface area contributed by atoms with Crippen molar-refractivity contribution in [3.63, 3.8) is 0 Å². The van der Waals surface area contributed by atoms with Crippen LogP contribution in [0.3, 0.4) is 0 Å². The number of nitrogens with zero attached hydrogens (tertiary/aromatic N) is 2. The summed E-state index contributed by atoms with van der Waals surface area (Å²) in [5, 5.41) is -0.0416. The average Bonchev–Trinajstić information content (AvgIpc) is 2.81. The quantitative estimate of drug-likeness (QED) is 0.936. The summed E-state index contributed by atoms with van der Waals surface area (Å²) in [5.74, 6) is -1.50. The number of benzene rings is 1. The Balaban J connectivity index is 2.23. The Kier molecular flexibility index (Phi) is 3.87. The highest BCUT2D eigenvalue weighted by atomic mass is 32.2. The number of sulfonamides is 1. The smallest absolute Gasteiger partial charge is 0.260 e. The van der Waals surface area contributed by atoms with Gasteiger partial charge in [-0.1, -0.05) is 6.07 Å². The summed E-state index contributed by atoms with van der Waals surface area (Å²) in [6.45, 7) is 1.56. The molecule has 1 aromatic carbocycles. The number of rotatable bonds is 4. The summed E-state index contributed by atoms with van der Waals surface area (Å²) in [7, 11) is -2.39. The molecule has 20 heavy (non-hydrogen) atoms. The van der Waals surface area contributed by atoms with Gasteiger partial charge in [0.15, 0.2) is 16.7 Å². The number of imidazole rings is 1. The van der Waals surface area contributed by atoms with Crippen molar-refractivity contribution in [2.75, 3.05) is 7.05 Å². The van der Waals surface area contributed by atoms with Crippen LogP contribution in [0.4, 0.5) is 8.78 Å². The van der Waals surface area contributed by atoms with Gasteiger partial charge < -0.3 is 4.98 Å². The Bertz CT molecular complexity index is 728. The second kappa shape index (κ2) is 5.29. The van der Waals surface area contributed by atoms with Crippen LogP contribution in [0.2, 0.25) is 0 Å². The molecule has 5 nitrogen and oxygen atoms in total. The van der Waals surface area contributed by atoms with Gasteiger partial charge in [-0.3, -0.25) is 0 Å². The second-order valence-electron chi connectivity index (χ2n) is 4.34. The molecule has 0 aliphatic rings. The summed E-state index contributed by atoms with van der Waals surface area (Å²) in [6.07, 6.45) is 1.21. The monoisotopic (exact) mass is 301 g/mol. The van der Waals surface area contributed by atoms with Gasteiger partial charge in [-0.05, 0) is 24.6 Å². The van der Waals surface area contributed by atoms with E-state index in [1.54, 1.807) is 6.92 Å². The molecule has 1 heterocycles. The summed E-state index contributed by atoms with van der Waals surface area (Å²) < 4.78 is 51.3. The van der Waals surface area contributed by atoms with E-state index in [0.717, 1.165) is 16.4 Å². The molecule has 0 aliphatic carbocycles. The molecule has 0 atom stereocenters. The van der Waals surface area contributed by atoms with Gasteiger partial charge in [0.1, 0.15) is 5.82 Å². The van der Waals surface area contributed by atoms with Crippen molar-refractivity contribution in [2.45, 2.75) is 18.5 Å². The van der Waals surface area contributed by atoms with Crippen molar-refractivity contribution in [1.82, 2.24) is 14.3 Å². The van der Waals surface area contributed by atoms with Gasteiger partial charge in [0.05, 0.1) is 6.20 Å². The molecule has 0 aliphatic heterocycles. The molecule has 0 radical (unpaired) electrons. The fourth-order valence-electron chi connectivity index (χ4n) is 1.68. The minimum absolute atomic E-state index is 0.0416. The van der Waals surface area contributed by atoms with E-state index in [1.165, 1.54) is 19.3 Å². The number of halogens is 2. The SMILES string of the molecule is Cc1ncc(S(=O)(=O)N(C)Cc2ccc(F)c(F)c2)[nH]1. The molecule has 0 fully saturated rings. The number of aromatic amines is 1. The maximum absolute atomic E-state index is 13.1. The lowest BCUT2D eigenvalue weighted by atomic mass is 10.2. The molecular weight excluding hydrogens is 288 g/mol. The molecule has 0 unspecified atom stereocenters. The minimum Gasteiger partial charge on any atom is -0.332 e. The van der Waals surface area contributed by atoms with Crippen molar-refractivity contribution < 1.29 is 17.2 Å². The number of aromatic nitrogens is 2. The largest absolute Gasteiger partial charge is 0.332 e. The normalized spacial score (nSPS) is 12.1. The molecule has 0 saturated heterocycles. The Morgan fingerprint density at radius 3 is 2.55 bits per heavy atom. The highest BCUT2D eigenvalue weighted by molar-refractivity contribution is 7.89. The van der Waals surface area contributed by atoms with E-state index >= 15 is 0 Å². The zero-order valence-corrected chi connectivity index (χ0v) is 11.7. The van der Waals surface area contributed by atoms with E-state index in [4.69, 9.17) is 0 Å². The predicted molar refractivity (Wildman–Crippen MR) is 68.3 cm³/mol. The van der Waals surface area contributed by atoms with Crippen molar-refractivity contribution in [3.8, 4) is 0 Å². The van der Waals surface area contributed by atoms with Crippen LogP contribution in [0.5, 0.6) is 0 Å². The van der Waals surface area contributed by atoms with Crippen molar-refractivity contribution >= 4 is 10.0 Å². The second-order valence-corrected chi connectivity index (χ2v) is 6.36. The summed E-state index contributed by atoms with van der Waals surface area (Å²) in [4.78, 5) is 6.46. The van der Waals surface area contributed by atoms with Gasteiger partial charge >= 0.3 is 0 Å². The van der Waals surface area contributed by atoms with E-state index in [1.807, 2.05) is 0 Å². The lowest BCUT2D eigenvalue weighted by molar-refractivity contribution is 0.459. The predicted octanol–water partition coefficient (Wildman–Crippen LogP) is 1.82. The summed E-state index contributed by atoms with van der Waals surface area (Å²) >= 11 is 0. The van der Waals surface area contributed by atoms with Crippen LogP contribution in [0.15, 0.2) is 29.4 Å². The average molecular weight is 301 g/mol. The Labute approximate surface area is 115 Å². The van der Waals surface area contributed by atoms with Crippen molar-refractivity contribution in [2.24, 2.45) is 0 Å². The minimum atomic E-state index is -3.74. The van der Waals surface area contributed by atoms with Gasteiger partial charge in [-0.25, -0.2) is 22.2 Å². The van der Waals surface area contributed by atoms with Gasteiger partial charge in [0, 0.05) is 13.6 Å². The highest BCUT2D eigenvalue weighted by Crippen LogP contribution is 2.16. The number of hydrogen-bond donors (Lipinski definition) is 1. The number of aryl methyl sites for hydroxylation is 1. The molecule has 0 saturated carbocycles. The van der Waals surface area contributed by atoms with E-state index in [-0.39, 0.29) is 11.6 Å². The molecule has 2 rings (SSSR count). The zero-order valence-electron chi connectivity index (χ0n) is 10.9. The topological polar surface area (TPSA) is 66.1 Å². The zero-order chi connectivity index (χ0) is 14.9. The fourth-order valence-corrected chi connectivity index (χ4v) is 2.79. The Hall–Kier alpha value is -1.80. The van der Waals surface area contributed by atoms with Gasteiger partial charge in [-0.15, -0.1) is 0 Å². The van der Waals surface area contributed by atoms with Gasteiger partial charge in [0.2, 0.25) is 0 Å². The first-order valence-electron chi connectivity index (χ1n) is 5.72. The molecular formula is C12H13F2N3O2S. The fraction of sp³-hybridized carbons (Fsp3) is 0.250. The lowest BCUT2D eigenvalue weighted by Crippen LogP contribution is -2.26. The van der Waals surface area contributed by atoms with E-state index < -0.39 is 21.7 Å². The molecule has 8 heteroatoms. The van der Waals surface area contributed by atoms with Gasteiger partial charge in [0.25, 0.3) is 10.0 Å². The first-order valence-corrected chi connectivity index (χ1v) is 7.16. The van der Waals surface area contributed by atoms with Gasteiger partial charge in [-0.2, -0.15) is 4.31 Å². The molecule has 1 N–H and O–H groups in total. The molecule has 0 amide bonds. The third-order valence-corrected chi connectivity index (χ3v) is 4.47. The first-order chi connectivity index (χ1) is 9.30. The maximum Gasteiger partial charge on any atom is 0.260 e. The first kappa shape index (κ1) is 14.6. The summed E-state index contributed by atoms with van der Waals surface area (Å²) in [5.41, 5.74) is 0.353. The van der Waals surface area contributed by atoms with Crippen LogP contribution in [0.1, 0.15) is 11.4 Å². The lowest BCUT2D eigenvalue weighted by Gasteiger charge is -2.16. The standard InChI is InChI=1S/C12H13F2N3O2S/c1-8-15-6-12(16-8)20(18,19)17(2)7-9-3-4-10(13)11(14)5-9/h3-6H,7H2,1-2H3,(H,15,16). The van der Waals surface area contributed by atoms with E-state index in [9.17, 15) is 17.2 Å². The van der Waals surface area contributed by atoms with Crippen molar-refractivity contribution in [3.05, 3.63) is 47.4 Å². The molecule has 0 bridgehead atoms. The number of H-pyrrole nitrogens is 1. The van der Waals surface area contributed by atoms with Crippen LogP contribution in [0.25, 0.3) is 0 Å². The van der Waals surface area contributed by atoms with Crippen molar-refractivity contribution in [1.29, 1.82) is 0 Å². The molecule has 108 valence electrons. The highest BCUT2D eigenvalue weighted by Gasteiger charge is 2.23. The third-order valence-electron chi connectivity index (χ3n) is 2.76. The Morgan fingerprint density at radius 2 is 2.00 bits per heavy atom. The Morgan fingerprint density at radius 1 is 1.30 bits per heavy atom. The van der Waals surface area contributed by atoms with E-state index in [0.29, 0.717) is 11.4 Å². The van der Waals surface area contributed by atoms with Crippen LogP contribution in [0, 0.1) is 18.6 Å².